The van der Waals surface area contributed by atoms with Gasteiger partial charge in [0, 0.05) is 23.3 Å². The molecule has 3 heteroatoms. The summed E-state index contributed by atoms with van der Waals surface area (Å²) in [5.74, 6) is 0.314. The minimum absolute atomic E-state index is 0.189. The maximum atomic E-state index is 6.01. The topological polar surface area (TPSA) is 51.8 Å². The third-order valence-electron chi connectivity index (χ3n) is 2.83. The normalized spacial score (nSPS) is 14.9. The summed E-state index contributed by atoms with van der Waals surface area (Å²) in [5, 5.41) is 0. The molecule has 84 valence electrons. The lowest BCUT2D eigenvalue weighted by molar-refractivity contribution is 0.539. The van der Waals surface area contributed by atoms with Crippen LogP contribution in [0.1, 0.15) is 50.9 Å². The molecule has 2 N–H and O–H groups in total. The molecule has 1 aromatic rings. The summed E-state index contributed by atoms with van der Waals surface area (Å²) in [5.41, 5.74) is 8.21. The van der Waals surface area contributed by atoms with E-state index in [9.17, 15) is 0 Å². The summed E-state index contributed by atoms with van der Waals surface area (Å²) < 4.78 is 0. The van der Waals surface area contributed by atoms with Gasteiger partial charge in [0.25, 0.3) is 0 Å². The Kier molecular flexibility index (Phi) is 4.69. The molecule has 0 fully saturated rings. The van der Waals surface area contributed by atoms with Crippen molar-refractivity contribution in [1.29, 1.82) is 0 Å². The fourth-order valence-electron chi connectivity index (χ4n) is 1.63. The van der Waals surface area contributed by atoms with Crippen LogP contribution in [0.5, 0.6) is 0 Å². The second kappa shape index (κ2) is 5.81. The molecular formula is C12H21N3. The van der Waals surface area contributed by atoms with Crippen molar-refractivity contribution >= 4 is 0 Å². The van der Waals surface area contributed by atoms with E-state index in [0.717, 1.165) is 30.7 Å². The predicted molar refractivity (Wildman–Crippen MR) is 62.7 cm³/mol. The zero-order valence-electron chi connectivity index (χ0n) is 9.90. The predicted octanol–water partition coefficient (Wildman–Crippen LogP) is 2.27. The Labute approximate surface area is 92.1 Å². The number of nitrogens with zero attached hydrogens (tertiary/aromatic N) is 2. The van der Waals surface area contributed by atoms with E-state index in [1.54, 1.807) is 6.33 Å². The highest BCUT2D eigenvalue weighted by Crippen LogP contribution is 2.17. The first-order valence-corrected chi connectivity index (χ1v) is 5.75. The molecule has 2 unspecified atom stereocenters. The van der Waals surface area contributed by atoms with Gasteiger partial charge in [0.05, 0.1) is 0 Å². The summed E-state index contributed by atoms with van der Waals surface area (Å²) >= 11 is 0. The molecule has 1 heterocycles. The summed E-state index contributed by atoms with van der Waals surface area (Å²) in [6.07, 6.45) is 4.77. The van der Waals surface area contributed by atoms with Crippen LogP contribution < -0.4 is 5.73 Å². The van der Waals surface area contributed by atoms with E-state index < -0.39 is 0 Å². The molecule has 0 aliphatic carbocycles. The molecule has 0 aliphatic heterocycles. The standard InChI is InChI=1S/C12H21N3/c1-4-6-10-7-12(15-8-14-10)9(3)11(13)5-2/h7-9,11H,4-6,13H2,1-3H3. The number of aryl methyl sites for hydroxylation is 1. The Morgan fingerprint density at radius 1 is 1.33 bits per heavy atom. The molecule has 0 saturated carbocycles. The fourth-order valence-corrected chi connectivity index (χ4v) is 1.63. The summed E-state index contributed by atoms with van der Waals surface area (Å²) in [4.78, 5) is 8.54. The molecule has 1 rings (SSSR count). The van der Waals surface area contributed by atoms with Crippen molar-refractivity contribution in [2.45, 2.75) is 52.0 Å². The van der Waals surface area contributed by atoms with Crippen LogP contribution in [-0.4, -0.2) is 16.0 Å². The van der Waals surface area contributed by atoms with Crippen molar-refractivity contribution in [3.05, 3.63) is 23.8 Å². The molecule has 2 atom stereocenters. The van der Waals surface area contributed by atoms with Gasteiger partial charge in [0.15, 0.2) is 0 Å². The van der Waals surface area contributed by atoms with Gasteiger partial charge in [-0.15, -0.1) is 0 Å². The molecule has 3 nitrogen and oxygen atoms in total. The first kappa shape index (κ1) is 12.1. The van der Waals surface area contributed by atoms with Crippen LogP contribution in [0, 0.1) is 0 Å². The van der Waals surface area contributed by atoms with Crippen molar-refractivity contribution in [2.75, 3.05) is 0 Å². The molecule has 0 spiro atoms. The van der Waals surface area contributed by atoms with E-state index in [0.29, 0.717) is 5.92 Å². The number of hydrogen-bond donors (Lipinski definition) is 1. The highest BCUT2D eigenvalue weighted by Gasteiger charge is 2.14. The average Bonchev–Trinajstić information content (AvgIpc) is 2.28. The van der Waals surface area contributed by atoms with Crippen LogP contribution in [0.3, 0.4) is 0 Å². The molecule has 1 aromatic heterocycles. The van der Waals surface area contributed by atoms with Crippen LogP contribution in [0.15, 0.2) is 12.4 Å². The lowest BCUT2D eigenvalue weighted by Gasteiger charge is -2.17. The van der Waals surface area contributed by atoms with Crippen molar-refractivity contribution < 1.29 is 0 Å². The van der Waals surface area contributed by atoms with Gasteiger partial charge in [-0.05, 0) is 18.9 Å². The van der Waals surface area contributed by atoms with Gasteiger partial charge in [-0.1, -0.05) is 27.2 Å². The van der Waals surface area contributed by atoms with Gasteiger partial charge in [-0.2, -0.15) is 0 Å². The van der Waals surface area contributed by atoms with Crippen molar-refractivity contribution in [3.63, 3.8) is 0 Å². The second-order valence-electron chi connectivity index (χ2n) is 4.04. The Morgan fingerprint density at radius 3 is 2.67 bits per heavy atom. The summed E-state index contributed by atoms with van der Waals surface area (Å²) in [6, 6.07) is 2.28. The van der Waals surface area contributed by atoms with Crippen molar-refractivity contribution in [2.24, 2.45) is 5.73 Å². The molecule has 15 heavy (non-hydrogen) atoms. The van der Waals surface area contributed by atoms with Gasteiger partial charge in [-0.25, -0.2) is 9.97 Å². The molecule has 0 saturated heterocycles. The minimum Gasteiger partial charge on any atom is -0.327 e. The van der Waals surface area contributed by atoms with Gasteiger partial charge in [0.1, 0.15) is 6.33 Å². The van der Waals surface area contributed by atoms with Crippen LogP contribution in [-0.2, 0) is 6.42 Å². The first-order chi connectivity index (χ1) is 7.19. The summed E-state index contributed by atoms with van der Waals surface area (Å²) in [6.45, 7) is 6.39. The Morgan fingerprint density at radius 2 is 2.07 bits per heavy atom. The van der Waals surface area contributed by atoms with E-state index in [1.165, 1.54) is 0 Å². The van der Waals surface area contributed by atoms with Gasteiger partial charge in [0.2, 0.25) is 0 Å². The third-order valence-corrected chi connectivity index (χ3v) is 2.83. The average molecular weight is 207 g/mol. The number of hydrogen-bond acceptors (Lipinski definition) is 3. The van der Waals surface area contributed by atoms with Crippen molar-refractivity contribution in [1.82, 2.24) is 9.97 Å². The first-order valence-electron chi connectivity index (χ1n) is 5.75. The smallest absolute Gasteiger partial charge is 0.115 e. The number of rotatable bonds is 5. The third kappa shape index (κ3) is 3.27. The van der Waals surface area contributed by atoms with Crippen LogP contribution in [0.4, 0.5) is 0 Å². The fraction of sp³-hybridized carbons (Fsp3) is 0.667. The number of aromatic nitrogens is 2. The SMILES string of the molecule is CCCc1cc(C(C)C(N)CC)ncn1. The zero-order valence-corrected chi connectivity index (χ0v) is 9.90. The highest BCUT2D eigenvalue weighted by atomic mass is 14.8. The van der Waals surface area contributed by atoms with Gasteiger partial charge in [-0.3, -0.25) is 0 Å². The number of nitrogens with two attached hydrogens (primary N) is 1. The molecule has 0 amide bonds. The van der Waals surface area contributed by atoms with Gasteiger partial charge < -0.3 is 5.73 Å². The van der Waals surface area contributed by atoms with E-state index in [1.807, 2.05) is 0 Å². The van der Waals surface area contributed by atoms with Crippen LogP contribution in [0.25, 0.3) is 0 Å². The molecule has 0 bridgehead atoms. The maximum Gasteiger partial charge on any atom is 0.115 e. The van der Waals surface area contributed by atoms with Gasteiger partial charge >= 0.3 is 0 Å². The molecule has 0 radical (unpaired) electrons. The second-order valence-corrected chi connectivity index (χ2v) is 4.04. The Balaban J connectivity index is 2.80. The monoisotopic (exact) mass is 207 g/mol. The van der Waals surface area contributed by atoms with E-state index in [4.69, 9.17) is 5.73 Å². The van der Waals surface area contributed by atoms with Crippen LogP contribution >= 0.6 is 0 Å². The highest BCUT2D eigenvalue weighted by molar-refractivity contribution is 5.14. The van der Waals surface area contributed by atoms with E-state index >= 15 is 0 Å². The van der Waals surface area contributed by atoms with E-state index in [-0.39, 0.29) is 6.04 Å². The molecule has 0 aromatic carbocycles. The lowest BCUT2D eigenvalue weighted by Crippen LogP contribution is -2.26. The lowest BCUT2D eigenvalue weighted by atomic mass is 9.96. The largest absolute Gasteiger partial charge is 0.327 e. The minimum atomic E-state index is 0.189. The quantitative estimate of drug-likeness (QED) is 0.805. The Hall–Kier alpha value is -0.960. The van der Waals surface area contributed by atoms with Crippen LogP contribution in [0.2, 0.25) is 0 Å². The zero-order chi connectivity index (χ0) is 11.3. The van der Waals surface area contributed by atoms with Crippen molar-refractivity contribution in [3.8, 4) is 0 Å². The Bertz CT molecular complexity index is 299. The maximum absolute atomic E-state index is 6.01. The van der Waals surface area contributed by atoms with E-state index in [2.05, 4.69) is 36.8 Å². The molecule has 0 aliphatic rings. The molecular weight excluding hydrogens is 186 g/mol. The summed E-state index contributed by atoms with van der Waals surface area (Å²) in [7, 11) is 0.